The third-order valence-electron chi connectivity index (χ3n) is 4.53. The Bertz CT molecular complexity index is 759. The van der Waals surface area contributed by atoms with Crippen LogP contribution in [0.4, 0.5) is 5.69 Å². The molecule has 1 fully saturated rings. The molecule has 5 nitrogen and oxygen atoms in total. The van der Waals surface area contributed by atoms with E-state index in [1.54, 1.807) is 6.92 Å². The van der Waals surface area contributed by atoms with Crippen LogP contribution in [0.1, 0.15) is 31.2 Å². The number of anilines is 1. The lowest BCUT2D eigenvalue weighted by atomic mass is 9.89. The molecule has 0 radical (unpaired) electrons. The van der Waals surface area contributed by atoms with Crippen LogP contribution in [0.25, 0.3) is 10.9 Å². The number of benzene rings is 1. The molecule has 1 saturated heterocycles. The number of aromatic nitrogens is 1. The molecule has 0 aliphatic carbocycles. The average molecular weight is 321 g/mol. The first-order valence-corrected chi connectivity index (χ1v) is 9.44. The minimum atomic E-state index is -3.24. The van der Waals surface area contributed by atoms with Gasteiger partial charge in [-0.15, -0.1) is 0 Å². The molecule has 1 aliphatic rings. The minimum absolute atomic E-state index is 0.0833. The van der Waals surface area contributed by atoms with Gasteiger partial charge in [-0.1, -0.05) is 0 Å². The zero-order chi connectivity index (χ0) is 15.7. The lowest BCUT2D eigenvalue weighted by Gasteiger charge is -2.28. The van der Waals surface area contributed by atoms with E-state index in [1.165, 1.54) is 5.56 Å². The second-order valence-electron chi connectivity index (χ2n) is 6.09. The van der Waals surface area contributed by atoms with Crippen molar-refractivity contribution in [2.75, 3.05) is 30.6 Å². The zero-order valence-electron chi connectivity index (χ0n) is 13.1. The van der Waals surface area contributed by atoms with Crippen molar-refractivity contribution in [3.63, 3.8) is 0 Å². The van der Waals surface area contributed by atoms with E-state index >= 15 is 0 Å². The van der Waals surface area contributed by atoms with Crippen LogP contribution in [0.5, 0.6) is 0 Å². The first-order valence-electron chi connectivity index (χ1n) is 7.78. The summed E-state index contributed by atoms with van der Waals surface area (Å²) >= 11 is 0. The lowest BCUT2D eigenvalue weighted by molar-refractivity contribution is 0.256. The Labute approximate surface area is 131 Å². The predicted octanol–water partition coefficient (Wildman–Crippen LogP) is 2.74. The Kier molecular flexibility index (Phi) is 4.14. The quantitative estimate of drug-likeness (QED) is 0.910. The van der Waals surface area contributed by atoms with Crippen LogP contribution in [0, 0.1) is 0 Å². The summed E-state index contributed by atoms with van der Waals surface area (Å²) < 4.78 is 26.1. The van der Waals surface area contributed by atoms with Gasteiger partial charge in [0.2, 0.25) is 10.0 Å². The summed E-state index contributed by atoms with van der Waals surface area (Å²) in [4.78, 5) is 5.66. The van der Waals surface area contributed by atoms with E-state index in [4.69, 9.17) is 0 Å². The van der Waals surface area contributed by atoms with Gasteiger partial charge in [-0.3, -0.25) is 4.72 Å². The Balaban J connectivity index is 1.92. The van der Waals surface area contributed by atoms with Crippen molar-refractivity contribution in [2.24, 2.45) is 0 Å². The van der Waals surface area contributed by atoms with Crippen molar-refractivity contribution in [1.29, 1.82) is 0 Å². The monoisotopic (exact) mass is 321 g/mol. The molecule has 1 aromatic heterocycles. The molecule has 0 spiro atoms. The maximum Gasteiger partial charge on any atom is 0.232 e. The SMILES string of the molecule is CCS(=O)(=O)Nc1ccc2[nH]cc(C3CCN(C)CC3)c2c1. The normalized spacial score (nSPS) is 17.9. The van der Waals surface area contributed by atoms with Crippen LogP contribution in [-0.2, 0) is 10.0 Å². The molecule has 22 heavy (non-hydrogen) atoms. The number of rotatable bonds is 4. The van der Waals surface area contributed by atoms with E-state index in [0.717, 1.165) is 36.8 Å². The molecule has 1 aromatic carbocycles. The number of fused-ring (bicyclic) bond motifs is 1. The first kappa shape index (κ1) is 15.4. The van der Waals surface area contributed by atoms with Crippen LogP contribution < -0.4 is 4.72 Å². The molecule has 2 N–H and O–H groups in total. The second kappa shape index (κ2) is 5.93. The number of nitrogens with one attached hydrogen (secondary N) is 2. The number of nitrogens with zero attached hydrogens (tertiary/aromatic N) is 1. The third-order valence-corrected chi connectivity index (χ3v) is 5.83. The van der Waals surface area contributed by atoms with Crippen molar-refractivity contribution in [1.82, 2.24) is 9.88 Å². The van der Waals surface area contributed by atoms with Gasteiger partial charge in [0, 0.05) is 22.8 Å². The number of H-pyrrole nitrogens is 1. The van der Waals surface area contributed by atoms with Crippen molar-refractivity contribution in [3.8, 4) is 0 Å². The van der Waals surface area contributed by atoms with E-state index < -0.39 is 10.0 Å². The van der Waals surface area contributed by atoms with Crippen LogP contribution in [0.15, 0.2) is 24.4 Å². The topological polar surface area (TPSA) is 65.2 Å². The molecule has 0 unspecified atom stereocenters. The van der Waals surface area contributed by atoms with Crippen molar-refractivity contribution < 1.29 is 8.42 Å². The van der Waals surface area contributed by atoms with Gasteiger partial charge < -0.3 is 9.88 Å². The summed E-state index contributed by atoms with van der Waals surface area (Å²) in [7, 11) is -1.08. The number of hydrogen-bond acceptors (Lipinski definition) is 3. The summed E-state index contributed by atoms with van der Waals surface area (Å²) in [6.45, 7) is 3.86. The molecule has 3 rings (SSSR count). The highest BCUT2D eigenvalue weighted by Crippen LogP contribution is 2.34. The molecule has 2 heterocycles. The van der Waals surface area contributed by atoms with E-state index in [9.17, 15) is 8.42 Å². The van der Waals surface area contributed by atoms with Gasteiger partial charge in [-0.05, 0) is 69.6 Å². The van der Waals surface area contributed by atoms with Gasteiger partial charge in [0.15, 0.2) is 0 Å². The number of sulfonamides is 1. The standard InChI is InChI=1S/C16H23N3O2S/c1-3-22(20,21)18-13-4-5-16-14(10-13)15(11-17-16)12-6-8-19(2)9-7-12/h4-5,10-12,17-18H,3,6-9H2,1-2H3. The van der Waals surface area contributed by atoms with E-state index in [2.05, 4.69) is 27.9 Å². The van der Waals surface area contributed by atoms with E-state index in [-0.39, 0.29) is 5.75 Å². The highest BCUT2D eigenvalue weighted by atomic mass is 32.2. The number of piperidine rings is 1. The largest absolute Gasteiger partial charge is 0.361 e. The van der Waals surface area contributed by atoms with Gasteiger partial charge in [0.25, 0.3) is 0 Å². The number of hydrogen-bond donors (Lipinski definition) is 2. The molecular weight excluding hydrogens is 298 g/mol. The first-order chi connectivity index (χ1) is 10.5. The van der Waals surface area contributed by atoms with Crippen molar-refractivity contribution in [3.05, 3.63) is 30.0 Å². The van der Waals surface area contributed by atoms with Gasteiger partial charge in [0.05, 0.1) is 5.75 Å². The highest BCUT2D eigenvalue weighted by molar-refractivity contribution is 7.92. The molecule has 0 saturated carbocycles. The molecule has 6 heteroatoms. The van der Waals surface area contributed by atoms with Gasteiger partial charge in [-0.25, -0.2) is 8.42 Å². The molecule has 0 bridgehead atoms. The summed E-state index contributed by atoms with van der Waals surface area (Å²) in [6.07, 6.45) is 4.38. The Morgan fingerprint density at radius 1 is 1.32 bits per heavy atom. The fraction of sp³-hybridized carbons (Fsp3) is 0.500. The fourth-order valence-corrected chi connectivity index (χ4v) is 3.75. The summed E-state index contributed by atoms with van der Waals surface area (Å²) in [5, 5.41) is 1.13. The Morgan fingerprint density at radius 3 is 2.73 bits per heavy atom. The maximum atomic E-state index is 11.7. The molecule has 1 aliphatic heterocycles. The third kappa shape index (κ3) is 3.13. The highest BCUT2D eigenvalue weighted by Gasteiger charge is 2.21. The molecule has 120 valence electrons. The molecule has 0 atom stereocenters. The molecule has 2 aromatic rings. The number of likely N-dealkylation sites (tertiary alicyclic amines) is 1. The van der Waals surface area contributed by atoms with Crippen LogP contribution in [-0.4, -0.2) is 44.2 Å². The average Bonchev–Trinajstić information content (AvgIpc) is 2.91. The molecular formula is C16H23N3O2S. The lowest BCUT2D eigenvalue weighted by Crippen LogP contribution is -2.29. The van der Waals surface area contributed by atoms with Gasteiger partial charge >= 0.3 is 0 Å². The Morgan fingerprint density at radius 2 is 2.05 bits per heavy atom. The van der Waals surface area contributed by atoms with E-state index in [0.29, 0.717) is 11.6 Å². The number of aromatic amines is 1. The second-order valence-corrected chi connectivity index (χ2v) is 8.10. The van der Waals surface area contributed by atoms with Crippen LogP contribution in [0.2, 0.25) is 0 Å². The predicted molar refractivity (Wildman–Crippen MR) is 90.9 cm³/mol. The summed E-state index contributed by atoms with van der Waals surface area (Å²) in [5.74, 6) is 0.628. The van der Waals surface area contributed by atoms with E-state index in [1.807, 2.05) is 18.2 Å². The Hall–Kier alpha value is -1.53. The maximum absolute atomic E-state index is 11.7. The van der Waals surface area contributed by atoms with Crippen molar-refractivity contribution in [2.45, 2.75) is 25.7 Å². The fourth-order valence-electron chi connectivity index (χ4n) is 3.11. The van der Waals surface area contributed by atoms with Gasteiger partial charge in [-0.2, -0.15) is 0 Å². The molecule has 0 amide bonds. The van der Waals surface area contributed by atoms with Crippen molar-refractivity contribution >= 4 is 26.6 Å². The minimum Gasteiger partial charge on any atom is -0.361 e. The summed E-state index contributed by atoms with van der Waals surface area (Å²) in [5.41, 5.74) is 3.01. The van der Waals surface area contributed by atoms with Crippen LogP contribution in [0.3, 0.4) is 0 Å². The summed E-state index contributed by atoms with van der Waals surface area (Å²) in [6, 6.07) is 5.71. The van der Waals surface area contributed by atoms with Crippen LogP contribution >= 0.6 is 0 Å². The van der Waals surface area contributed by atoms with Gasteiger partial charge in [0.1, 0.15) is 0 Å². The smallest absolute Gasteiger partial charge is 0.232 e. The zero-order valence-corrected chi connectivity index (χ0v) is 13.9.